The molecule has 5 heteroatoms. The summed E-state index contributed by atoms with van der Waals surface area (Å²) >= 11 is 0. The van der Waals surface area contributed by atoms with Gasteiger partial charge in [-0.2, -0.15) is 0 Å². The molecule has 2 aromatic rings. The number of benzene rings is 2. The van der Waals surface area contributed by atoms with Gasteiger partial charge in [0.05, 0.1) is 12.0 Å². The van der Waals surface area contributed by atoms with Crippen LogP contribution in [0.1, 0.15) is 12.5 Å². The first kappa shape index (κ1) is 15.1. The number of anilines is 1. The van der Waals surface area contributed by atoms with Gasteiger partial charge in [0.1, 0.15) is 5.75 Å². The number of hydrogen-bond acceptors (Lipinski definition) is 3. The number of hydrogen-bond donors (Lipinski definition) is 1. The fourth-order valence-corrected chi connectivity index (χ4v) is 2.59. The van der Waals surface area contributed by atoms with Crippen LogP contribution in [-0.4, -0.2) is 15.0 Å². The monoisotopic (exact) mass is 303 g/mol. The zero-order valence-electron chi connectivity index (χ0n) is 11.7. The van der Waals surface area contributed by atoms with Gasteiger partial charge in [0.2, 0.25) is 0 Å². The molecule has 0 saturated carbocycles. The Labute approximate surface area is 125 Å². The lowest BCUT2D eigenvalue weighted by Gasteiger charge is -2.06. The molecular weight excluding hydrogens is 286 g/mol. The van der Waals surface area contributed by atoms with Crippen LogP contribution < -0.4 is 9.46 Å². The molecule has 21 heavy (non-hydrogen) atoms. The minimum atomic E-state index is -3.53. The molecule has 0 bridgehead atoms. The molecule has 0 fully saturated rings. The number of sulfonamides is 1. The highest BCUT2D eigenvalue weighted by Crippen LogP contribution is 2.17. The number of rotatable bonds is 6. The highest BCUT2D eigenvalue weighted by atomic mass is 32.2. The molecule has 0 aliphatic rings. The molecule has 1 N–H and O–H groups in total. The molecule has 0 spiro atoms. The Bertz CT molecular complexity index is 692. The standard InChI is InChI=1S/C16H17NO3S/c1-2-20-16-10-8-15(9-11-16)17-21(18,19)13-12-14-6-4-3-5-7-14/h3-13,17H,2H2,1H3. The van der Waals surface area contributed by atoms with Crippen molar-refractivity contribution < 1.29 is 13.2 Å². The Morgan fingerprint density at radius 1 is 1.05 bits per heavy atom. The molecule has 0 heterocycles. The van der Waals surface area contributed by atoms with Crippen molar-refractivity contribution in [1.82, 2.24) is 0 Å². The van der Waals surface area contributed by atoms with E-state index in [9.17, 15) is 8.42 Å². The van der Waals surface area contributed by atoms with Crippen LogP contribution in [0, 0.1) is 0 Å². The van der Waals surface area contributed by atoms with Gasteiger partial charge < -0.3 is 4.74 Å². The lowest BCUT2D eigenvalue weighted by Crippen LogP contribution is -2.08. The largest absolute Gasteiger partial charge is 0.494 e. The maximum Gasteiger partial charge on any atom is 0.255 e. The maximum absolute atomic E-state index is 12.0. The summed E-state index contributed by atoms with van der Waals surface area (Å²) in [7, 11) is -3.53. The minimum Gasteiger partial charge on any atom is -0.494 e. The fourth-order valence-electron chi connectivity index (χ4n) is 1.72. The minimum absolute atomic E-state index is 0.496. The third-order valence-corrected chi connectivity index (χ3v) is 3.68. The molecule has 0 aliphatic heterocycles. The van der Waals surface area contributed by atoms with Gasteiger partial charge in [-0.3, -0.25) is 4.72 Å². The van der Waals surface area contributed by atoms with Crippen LogP contribution in [0.5, 0.6) is 5.75 Å². The van der Waals surface area contributed by atoms with E-state index in [2.05, 4.69) is 4.72 Å². The summed E-state index contributed by atoms with van der Waals surface area (Å²) in [6, 6.07) is 16.0. The van der Waals surface area contributed by atoms with Gasteiger partial charge in [0.25, 0.3) is 10.0 Å². The van der Waals surface area contributed by atoms with Crippen LogP contribution in [0.25, 0.3) is 6.08 Å². The lowest BCUT2D eigenvalue weighted by molar-refractivity contribution is 0.340. The Morgan fingerprint density at radius 2 is 1.71 bits per heavy atom. The van der Waals surface area contributed by atoms with Crippen molar-refractivity contribution in [2.24, 2.45) is 0 Å². The van der Waals surface area contributed by atoms with E-state index < -0.39 is 10.0 Å². The molecule has 0 aliphatic carbocycles. The number of nitrogens with one attached hydrogen (secondary N) is 1. The molecular formula is C16H17NO3S. The van der Waals surface area contributed by atoms with Crippen LogP contribution in [0.4, 0.5) is 5.69 Å². The molecule has 0 atom stereocenters. The van der Waals surface area contributed by atoms with Crippen molar-refractivity contribution in [3.63, 3.8) is 0 Å². The van der Waals surface area contributed by atoms with E-state index >= 15 is 0 Å². The molecule has 2 rings (SSSR count). The van der Waals surface area contributed by atoms with Crippen LogP contribution in [0.15, 0.2) is 60.0 Å². The van der Waals surface area contributed by atoms with Gasteiger partial charge in [0.15, 0.2) is 0 Å². The van der Waals surface area contributed by atoms with Crippen molar-refractivity contribution in [2.75, 3.05) is 11.3 Å². The van der Waals surface area contributed by atoms with Gasteiger partial charge in [-0.1, -0.05) is 30.3 Å². The average Bonchev–Trinajstić information content (AvgIpc) is 2.48. The van der Waals surface area contributed by atoms with Crippen molar-refractivity contribution >= 4 is 21.8 Å². The van der Waals surface area contributed by atoms with E-state index in [1.54, 1.807) is 30.3 Å². The Kier molecular flexibility index (Phi) is 5.00. The quantitative estimate of drug-likeness (QED) is 0.888. The van der Waals surface area contributed by atoms with Gasteiger partial charge in [0, 0.05) is 5.69 Å². The van der Waals surface area contributed by atoms with Crippen LogP contribution in [0.3, 0.4) is 0 Å². The summed E-state index contributed by atoms with van der Waals surface area (Å²) in [6.07, 6.45) is 1.55. The van der Waals surface area contributed by atoms with Crippen molar-refractivity contribution in [1.29, 1.82) is 0 Å². The summed E-state index contributed by atoms with van der Waals surface area (Å²) in [6.45, 7) is 2.47. The number of ether oxygens (including phenoxy) is 1. The summed E-state index contributed by atoms with van der Waals surface area (Å²) < 4.78 is 31.7. The van der Waals surface area contributed by atoms with E-state index in [4.69, 9.17) is 4.74 Å². The van der Waals surface area contributed by atoms with Crippen LogP contribution >= 0.6 is 0 Å². The van der Waals surface area contributed by atoms with Gasteiger partial charge in [-0.25, -0.2) is 8.42 Å². The van der Waals surface area contributed by atoms with Gasteiger partial charge >= 0.3 is 0 Å². The summed E-state index contributed by atoms with van der Waals surface area (Å²) in [4.78, 5) is 0. The highest BCUT2D eigenvalue weighted by molar-refractivity contribution is 7.95. The molecule has 0 unspecified atom stereocenters. The van der Waals surface area contributed by atoms with Crippen molar-refractivity contribution in [3.05, 3.63) is 65.6 Å². The van der Waals surface area contributed by atoms with Crippen molar-refractivity contribution in [3.8, 4) is 5.75 Å². The molecule has 0 aromatic heterocycles. The second kappa shape index (κ2) is 6.95. The van der Waals surface area contributed by atoms with Gasteiger partial charge in [-0.05, 0) is 42.8 Å². The van der Waals surface area contributed by atoms with Crippen molar-refractivity contribution in [2.45, 2.75) is 6.92 Å². The first-order chi connectivity index (χ1) is 10.1. The van der Waals surface area contributed by atoms with Crippen LogP contribution in [-0.2, 0) is 10.0 Å². The van der Waals surface area contributed by atoms with E-state index in [1.165, 1.54) is 0 Å². The summed E-state index contributed by atoms with van der Waals surface area (Å²) in [5.74, 6) is 0.709. The predicted octanol–water partition coefficient (Wildman–Crippen LogP) is 3.50. The first-order valence-corrected chi connectivity index (χ1v) is 8.12. The third kappa shape index (κ3) is 4.96. The average molecular weight is 303 g/mol. The zero-order valence-corrected chi connectivity index (χ0v) is 12.5. The first-order valence-electron chi connectivity index (χ1n) is 6.58. The Morgan fingerprint density at radius 3 is 2.33 bits per heavy atom. The molecule has 2 aromatic carbocycles. The lowest BCUT2D eigenvalue weighted by atomic mass is 10.2. The zero-order chi connectivity index (χ0) is 15.1. The Hall–Kier alpha value is -2.27. The molecule has 110 valence electrons. The van der Waals surface area contributed by atoms with E-state index in [1.807, 2.05) is 37.3 Å². The topological polar surface area (TPSA) is 55.4 Å². The van der Waals surface area contributed by atoms with Crippen LogP contribution in [0.2, 0.25) is 0 Å². The second-order valence-electron chi connectivity index (χ2n) is 4.32. The SMILES string of the molecule is CCOc1ccc(NS(=O)(=O)C=Cc2ccccc2)cc1. The van der Waals surface area contributed by atoms with E-state index in [0.717, 1.165) is 11.0 Å². The molecule has 4 nitrogen and oxygen atoms in total. The van der Waals surface area contributed by atoms with Gasteiger partial charge in [-0.15, -0.1) is 0 Å². The predicted molar refractivity (Wildman–Crippen MR) is 85.6 cm³/mol. The molecule has 0 saturated heterocycles. The highest BCUT2D eigenvalue weighted by Gasteiger charge is 2.05. The fraction of sp³-hybridized carbons (Fsp3) is 0.125. The summed E-state index contributed by atoms with van der Waals surface area (Å²) in [5, 5.41) is 1.15. The Balaban J connectivity index is 2.05. The normalized spacial score (nSPS) is 11.5. The molecule has 0 radical (unpaired) electrons. The third-order valence-electron chi connectivity index (χ3n) is 2.66. The maximum atomic E-state index is 12.0. The second-order valence-corrected chi connectivity index (χ2v) is 5.88. The smallest absolute Gasteiger partial charge is 0.255 e. The van der Waals surface area contributed by atoms with E-state index in [0.29, 0.717) is 18.0 Å². The summed E-state index contributed by atoms with van der Waals surface area (Å²) in [5.41, 5.74) is 1.32. The molecule has 0 amide bonds. The van der Waals surface area contributed by atoms with E-state index in [-0.39, 0.29) is 0 Å².